The van der Waals surface area contributed by atoms with Crippen molar-refractivity contribution in [3.05, 3.63) is 71.4 Å². The molecule has 0 aliphatic carbocycles. The molecule has 8 nitrogen and oxygen atoms in total. The van der Waals surface area contributed by atoms with Crippen molar-refractivity contribution >= 4 is 22.7 Å². The van der Waals surface area contributed by atoms with E-state index < -0.39 is 11.6 Å². The van der Waals surface area contributed by atoms with Crippen LogP contribution in [-0.4, -0.2) is 82.0 Å². The minimum atomic E-state index is -1.06. The van der Waals surface area contributed by atoms with Crippen molar-refractivity contribution in [3.63, 3.8) is 0 Å². The van der Waals surface area contributed by atoms with E-state index in [0.717, 1.165) is 53.1 Å². The summed E-state index contributed by atoms with van der Waals surface area (Å²) in [5, 5.41) is 11.3. The minimum Gasteiger partial charge on any atom is -0.508 e. The maximum absolute atomic E-state index is 14.1. The van der Waals surface area contributed by atoms with Crippen molar-refractivity contribution in [2.45, 2.75) is 24.9 Å². The van der Waals surface area contributed by atoms with E-state index in [0.29, 0.717) is 13.0 Å². The van der Waals surface area contributed by atoms with Gasteiger partial charge < -0.3 is 24.6 Å². The van der Waals surface area contributed by atoms with Gasteiger partial charge in [-0.15, -0.1) is 0 Å². The number of piperazine rings is 1. The number of H-pyrrole nitrogens is 1. The van der Waals surface area contributed by atoms with Crippen molar-refractivity contribution in [1.82, 2.24) is 19.7 Å². The van der Waals surface area contributed by atoms with Crippen LogP contribution in [0, 0.1) is 0 Å². The number of methoxy groups -OCH3 is 1. The van der Waals surface area contributed by atoms with Crippen LogP contribution < -0.4 is 4.74 Å². The summed E-state index contributed by atoms with van der Waals surface area (Å²) >= 11 is 0. The molecular formula is C28H30N4O4. The number of phenols is 1. The maximum atomic E-state index is 14.1. The number of aromatic amines is 1. The van der Waals surface area contributed by atoms with Crippen LogP contribution in [0.25, 0.3) is 10.9 Å². The monoisotopic (exact) mass is 486 g/mol. The lowest BCUT2D eigenvalue weighted by Gasteiger charge is -2.53. The highest BCUT2D eigenvalue weighted by Gasteiger charge is 2.56. The minimum absolute atomic E-state index is 0.0395. The van der Waals surface area contributed by atoms with E-state index in [1.165, 1.54) is 0 Å². The largest absolute Gasteiger partial charge is 0.508 e. The summed E-state index contributed by atoms with van der Waals surface area (Å²) in [6, 6.07) is 12.3. The molecule has 3 aromatic rings. The summed E-state index contributed by atoms with van der Waals surface area (Å²) in [7, 11) is 1.63. The van der Waals surface area contributed by atoms with Crippen LogP contribution in [0.3, 0.4) is 0 Å². The van der Waals surface area contributed by atoms with Crippen LogP contribution in [0.15, 0.2) is 54.6 Å². The highest BCUT2D eigenvalue weighted by molar-refractivity contribution is 6.00. The normalized spacial score (nSPS) is 23.9. The molecule has 6 rings (SSSR count). The quantitative estimate of drug-likeness (QED) is 0.542. The molecule has 1 aromatic heterocycles. The Morgan fingerprint density at radius 3 is 2.67 bits per heavy atom. The molecule has 36 heavy (non-hydrogen) atoms. The molecule has 1 fully saturated rings. The summed E-state index contributed by atoms with van der Waals surface area (Å²) in [5.74, 6) is 0.725. The molecule has 4 heterocycles. The van der Waals surface area contributed by atoms with Crippen molar-refractivity contribution in [3.8, 4) is 11.5 Å². The zero-order valence-corrected chi connectivity index (χ0v) is 20.5. The van der Waals surface area contributed by atoms with E-state index in [4.69, 9.17) is 4.74 Å². The Hall–Kier alpha value is -3.78. The van der Waals surface area contributed by atoms with Crippen molar-refractivity contribution in [2.75, 3.05) is 39.8 Å². The highest BCUT2D eigenvalue weighted by atomic mass is 16.5. The molecule has 0 bridgehead atoms. The number of fused-ring (bicyclic) bond motifs is 4. The number of hydrogen-bond acceptors (Lipinski definition) is 5. The van der Waals surface area contributed by atoms with Gasteiger partial charge in [0, 0.05) is 49.2 Å². The highest BCUT2D eigenvalue weighted by Crippen LogP contribution is 2.47. The summed E-state index contributed by atoms with van der Waals surface area (Å²) in [5.41, 5.74) is 2.51. The Kier molecular flexibility index (Phi) is 5.30. The van der Waals surface area contributed by atoms with Crippen LogP contribution in [-0.2, 0) is 16.0 Å². The zero-order chi connectivity index (χ0) is 25.0. The van der Waals surface area contributed by atoms with Crippen LogP contribution >= 0.6 is 0 Å². The summed E-state index contributed by atoms with van der Waals surface area (Å²) in [4.78, 5) is 37.1. The molecule has 0 radical (unpaired) electrons. The number of aromatic hydroxyl groups is 1. The van der Waals surface area contributed by atoms with Gasteiger partial charge in [-0.25, -0.2) is 0 Å². The van der Waals surface area contributed by atoms with E-state index in [9.17, 15) is 14.7 Å². The van der Waals surface area contributed by atoms with Gasteiger partial charge in [0.15, 0.2) is 0 Å². The predicted molar refractivity (Wildman–Crippen MR) is 136 cm³/mol. The van der Waals surface area contributed by atoms with Crippen LogP contribution in [0.1, 0.15) is 29.8 Å². The lowest BCUT2D eigenvalue weighted by atomic mass is 9.78. The average Bonchev–Trinajstić information content (AvgIpc) is 3.52. The molecule has 0 spiro atoms. The molecule has 0 unspecified atom stereocenters. The van der Waals surface area contributed by atoms with Crippen molar-refractivity contribution in [2.24, 2.45) is 0 Å². The predicted octanol–water partition coefficient (Wildman–Crippen LogP) is 2.83. The Balaban J connectivity index is 1.46. The number of carbonyl (C=O) groups excluding carboxylic acids is 2. The summed E-state index contributed by atoms with van der Waals surface area (Å²) in [6.07, 6.45) is 4.65. The van der Waals surface area contributed by atoms with Crippen LogP contribution in [0.2, 0.25) is 0 Å². The molecule has 3 aliphatic rings. The first-order chi connectivity index (χ1) is 17.4. The lowest BCUT2D eigenvalue weighted by molar-refractivity contribution is -0.167. The number of carbonyl (C=O) groups is 2. The summed E-state index contributed by atoms with van der Waals surface area (Å²) in [6.45, 7) is 4.93. The molecular weight excluding hydrogens is 456 g/mol. The second kappa shape index (κ2) is 8.41. The van der Waals surface area contributed by atoms with Gasteiger partial charge in [0.05, 0.1) is 19.7 Å². The van der Waals surface area contributed by atoms with E-state index in [1.807, 2.05) is 31.2 Å². The van der Waals surface area contributed by atoms with Gasteiger partial charge in [-0.1, -0.05) is 24.3 Å². The fourth-order valence-electron chi connectivity index (χ4n) is 6.05. The number of hydrogen-bond donors (Lipinski definition) is 2. The first kappa shape index (κ1) is 22.7. The van der Waals surface area contributed by atoms with Gasteiger partial charge in [-0.2, -0.15) is 0 Å². The Bertz CT molecular complexity index is 1390. The van der Waals surface area contributed by atoms with E-state index >= 15 is 0 Å². The van der Waals surface area contributed by atoms with E-state index in [1.54, 1.807) is 35.1 Å². The Morgan fingerprint density at radius 1 is 1.11 bits per heavy atom. The standard InChI is InChI=1S/C28H30N4O4/c1-28-16-22-21-15-20(36-2)8-9-23(21)29-25(22)26(18-6-5-7-19(33)14-18)32(28)24(34)17-31(27(28)35)13-12-30-10-3-4-11-30/h3-9,14-15,26,29,33H,10-13,16-17H2,1-2H3/t26-,28+/m1/s1. The Labute approximate surface area is 209 Å². The van der Waals surface area contributed by atoms with Crippen molar-refractivity contribution < 1.29 is 19.4 Å². The topological polar surface area (TPSA) is 89.1 Å². The van der Waals surface area contributed by atoms with Crippen LogP contribution in [0.4, 0.5) is 0 Å². The molecule has 0 saturated carbocycles. The third-order valence-corrected chi connectivity index (χ3v) is 7.84. The third kappa shape index (κ3) is 3.47. The van der Waals surface area contributed by atoms with Crippen molar-refractivity contribution in [1.29, 1.82) is 0 Å². The van der Waals surface area contributed by atoms with Gasteiger partial charge in [-0.05, 0) is 48.4 Å². The number of ether oxygens (including phenoxy) is 1. The number of benzene rings is 2. The first-order valence-electron chi connectivity index (χ1n) is 12.4. The van der Waals surface area contributed by atoms with Crippen LogP contribution in [0.5, 0.6) is 11.5 Å². The number of nitrogens with one attached hydrogen (secondary N) is 1. The van der Waals surface area contributed by atoms with Gasteiger partial charge in [0.2, 0.25) is 11.8 Å². The zero-order valence-electron chi connectivity index (χ0n) is 20.5. The molecule has 2 amide bonds. The smallest absolute Gasteiger partial charge is 0.249 e. The second-order valence-corrected chi connectivity index (χ2v) is 10.1. The number of rotatable bonds is 5. The SMILES string of the molecule is COc1ccc2[nH]c3c(c2c1)C[C@@]1(C)C(=O)N(CCN2CC=CC2)CC(=O)N1[C@@H]3c1cccc(O)c1. The third-order valence-electron chi connectivity index (χ3n) is 7.84. The molecule has 2 atom stereocenters. The fraction of sp³-hybridized carbons (Fsp3) is 0.357. The number of nitrogens with zero attached hydrogens (tertiary/aromatic N) is 3. The molecule has 2 aromatic carbocycles. The van der Waals surface area contributed by atoms with E-state index in [-0.39, 0.29) is 24.1 Å². The fourth-order valence-corrected chi connectivity index (χ4v) is 6.05. The molecule has 2 N–H and O–H groups in total. The molecule has 3 aliphatic heterocycles. The van der Waals surface area contributed by atoms with Gasteiger partial charge in [0.25, 0.3) is 0 Å². The van der Waals surface area contributed by atoms with Gasteiger partial charge in [-0.3, -0.25) is 14.5 Å². The lowest BCUT2D eigenvalue weighted by Crippen LogP contribution is -2.70. The first-order valence-corrected chi connectivity index (χ1v) is 12.4. The maximum Gasteiger partial charge on any atom is 0.249 e. The second-order valence-electron chi connectivity index (χ2n) is 10.1. The number of aromatic nitrogens is 1. The molecule has 186 valence electrons. The average molecular weight is 487 g/mol. The molecule has 8 heteroatoms. The number of amides is 2. The Morgan fingerprint density at radius 2 is 1.92 bits per heavy atom. The van der Waals surface area contributed by atoms with Gasteiger partial charge in [0.1, 0.15) is 17.0 Å². The van der Waals surface area contributed by atoms with E-state index in [2.05, 4.69) is 22.0 Å². The van der Waals surface area contributed by atoms with Gasteiger partial charge >= 0.3 is 0 Å². The summed E-state index contributed by atoms with van der Waals surface area (Å²) < 4.78 is 5.48. The molecule has 1 saturated heterocycles. The number of phenolic OH excluding ortho intramolecular Hbond substituents is 1.